The predicted molar refractivity (Wildman–Crippen MR) is 100 cm³/mol. The summed E-state index contributed by atoms with van der Waals surface area (Å²) in [4.78, 5) is 39.1. The monoisotopic (exact) mass is 371 g/mol. The lowest BCUT2D eigenvalue weighted by atomic mass is 10.2. The molecule has 3 heterocycles. The molecule has 1 aliphatic rings. The number of nitrogens with zero attached hydrogens (tertiary/aromatic N) is 5. The van der Waals surface area contributed by atoms with Crippen LogP contribution in [0.25, 0.3) is 0 Å². The number of anilines is 1. The highest BCUT2D eigenvalue weighted by atomic mass is 16.3. The molecule has 27 heavy (non-hydrogen) atoms. The van der Waals surface area contributed by atoms with Crippen molar-refractivity contribution in [1.29, 1.82) is 0 Å². The minimum absolute atomic E-state index is 0.0271. The number of aromatic nitrogens is 2. The Hall–Kier alpha value is -2.90. The first-order valence-corrected chi connectivity index (χ1v) is 9.13. The van der Waals surface area contributed by atoms with Crippen molar-refractivity contribution in [1.82, 2.24) is 19.8 Å². The number of amides is 2. The Morgan fingerprint density at radius 2 is 1.93 bits per heavy atom. The molecule has 8 heteroatoms. The molecule has 0 spiro atoms. The molecule has 0 atom stereocenters. The molecule has 0 aromatic carbocycles. The Bertz CT molecular complexity index is 777. The fourth-order valence-corrected chi connectivity index (χ4v) is 3.07. The van der Waals surface area contributed by atoms with Crippen LogP contribution in [0.5, 0.6) is 0 Å². The Kier molecular flexibility index (Phi) is 6.05. The van der Waals surface area contributed by atoms with Crippen molar-refractivity contribution in [3.63, 3.8) is 0 Å². The van der Waals surface area contributed by atoms with Gasteiger partial charge in [-0.3, -0.25) is 9.59 Å². The van der Waals surface area contributed by atoms with Crippen LogP contribution >= 0.6 is 0 Å². The maximum absolute atomic E-state index is 12.7. The van der Waals surface area contributed by atoms with Gasteiger partial charge in [-0.05, 0) is 31.4 Å². The van der Waals surface area contributed by atoms with Crippen LogP contribution in [0.15, 0.2) is 35.2 Å². The zero-order valence-corrected chi connectivity index (χ0v) is 15.8. The lowest BCUT2D eigenvalue weighted by molar-refractivity contribution is -0.130. The maximum atomic E-state index is 12.7. The van der Waals surface area contributed by atoms with Crippen LogP contribution in [0.2, 0.25) is 0 Å². The van der Waals surface area contributed by atoms with E-state index in [0.717, 1.165) is 30.9 Å². The number of carbonyl (C=O) groups excluding carboxylic acids is 2. The molecule has 0 radical (unpaired) electrons. The third-order valence-electron chi connectivity index (χ3n) is 4.71. The Labute approximate surface area is 158 Å². The fourth-order valence-electron chi connectivity index (χ4n) is 3.07. The molecule has 144 valence electrons. The van der Waals surface area contributed by atoms with E-state index in [1.807, 2.05) is 25.2 Å². The van der Waals surface area contributed by atoms with Crippen LogP contribution in [0.3, 0.4) is 0 Å². The van der Waals surface area contributed by atoms with Gasteiger partial charge in [-0.2, -0.15) is 0 Å². The van der Waals surface area contributed by atoms with Crippen molar-refractivity contribution in [3.8, 4) is 0 Å². The predicted octanol–water partition coefficient (Wildman–Crippen LogP) is 1.44. The van der Waals surface area contributed by atoms with E-state index in [4.69, 9.17) is 9.40 Å². The second kappa shape index (κ2) is 8.66. The molecule has 1 aliphatic heterocycles. The SMILES string of the molecule is CN1CCCN(C)c2cccc(n2)CCCN(C(=O)c2cnco2)CC1=O. The molecule has 0 aliphatic carbocycles. The molecule has 2 aromatic heterocycles. The largest absolute Gasteiger partial charge is 0.438 e. The maximum Gasteiger partial charge on any atom is 0.291 e. The first-order valence-electron chi connectivity index (χ1n) is 9.13. The minimum atomic E-state index is -0.317. The van der Waals surface area contributed by atoms with Gasteiger partial charge in [-0.15, -0.1) is 0 Å². The summed E-state index contributed by atoms with van der Waals surface area (Å²) < 4.78 is 5.12. The van der Waals surface area contributed by atoms with Crippen LogP contribution in [-0.2, 0) is 11.2 Å². The number of hydrogen-bond acceptors (Lipinski definition) is 6. The molecule has 0 N–H and O–H groups in total. The average molecular weight is 371 g/mol. The molecule has 8 nitrogen and oxygen atoms in total. The Morgan fingerprint density at radius 1 is 1.11 bits per heavy atom. The molecular formula is C19H25N5O3. The number of carbonyl (C=O) groups is 2. The molecule has 0 saturated heterocycles. The first-order chi connectivity index (χ1) is 13.0. The average Bonchev–Trinajstić information content (AvgIpc) is 3.20. The minimum Gasteiger partial charge on any atom is -0.438 e. The van der Waals surface area contributed by atoms with Crippen molar-refractivity contribution in [2.24, 2.45) is 0 Å². The normalized spacial score (nSPS) is 17.0. The van der Waals surface area contributed by atoms with Gasteiger partial charge < -0.3 is 19.1 Å². The van der Waals surface area contributed by atoms with Gasteiger partial charge in [0.05, 0.1) is 6.20 Å². The van der Waals surface area contributed by atoms with E-state index < -0.39 is 0 Å². The molecule has 2 bridgehead atoms. The number of fused-ring (bicyclic) bond motifs is 2. The van der Waals surface area contributed by atoms with Crippen molar-refractivity contribution in [2.75, 3.05) is 45.2 Å². The Balaban J connectivity index is 1.79. The van der Waals surface area contributed by atoms with E-state index >= 15 is 0 Å². The van der Waals surface area contributed by atoms with E-state index in [-0.39, 0.29) is 24.1 Å². The molecule has 0 fully saturated rings. The summed E-state index contributed by atoms with van der Waals surface area (Å²) in [7, 11) is 3.78. The van der Waals surface area contributed by atoms with Gasteiger partial charge in [-0.1, -0.05) is 6.07 Å². The zero-order chi connectivity index (χ0) is 19.2. The van der Waals surface area contributed by atoms with Gasteiger partial charge in [0.1, 0.15) is 12.4 Å². The van der Waals surface area contributed by atoms with Gasteiger partial charge in [-0.25, -0.2) is 9.97 Å². The molecule has 2 aromatic rings. The van der Waals surface area contributed by atoms with E-state index in [9.17, 15) is 9.59 Å². The summed E-state index contributed by atoms with van der Waals surface area (Å²) in [6.07, 6.45) is 4.85. The topological polar surface area (TPSA) is 82.8 Å². The second-order valence-electron chi connectivity index (χ2n) is 6.77. The van der Waals surface area contributed by atoms with Crippen molar-refractivity contribution in [3.05, 3.63) is 42.2 Å². The third kappa shape index (κ3) is 4.84. The lowest BCUT2D eigenvalue weighted by Gasteiger charge is -2.26. The van der Waals surface area contributed by atoms with Gasteiger partial charge in [0.15, 0.2) is 6.39 Å². The number of oxazole rings is 1. The van der Waals surface area contributed by atoms with Crippen molar-refractivity contribution >= 4 is 17.6 Å². The number of aryl methyl sites for hydroxylation is 1. The van der Waals surface area contributed by atoms with Gasteiger partial charge in [0.2, 0.25) is 11.7 Å². The van der Waals surface area contributed by atoms with Gasteiger partial charge in [0.25, 0.3) is 5.91 Å². The summed E-state index contributed by atoms with van der Waals surface area (Å²) in [6.45, 7) is 1.89. The Morgan fingerprint density at radius 3 is 2.70 bits per heavy atom. The summed E-state index contributed by atoms with van der Waals surface area (Å²) >= 11 is 0. The molecule has 2 amide bonds. The van der Waals surface area contributed by atoms with E-state index in [1.165, 1.54) is 17.5 Å². The molecule has 0 unspecified atom stereocenters. The summed E-state index contributed by atoms with van der Waals surface area (Å²) in [6, 6.07) is 5.99. The second-order valence-corrected chi connectivity index (χ2v) is 6.77. The summed E-state index contributed by atoms with van der Waals surface area (Å²) in [5.41, 5.74) is 0.979. The van der Waals surface area contributed by atoms with Crippen molar-refractivity contribution in [2.45, 2.75) is 19.3 Å². The van der Waals surface area contributed by atoms with Crippen LogP contribution in [-0.4, -0.2) is 71.9 Å². The standard InChI is InChI=1S/C19H25N5O3/c1-22-9-5-10-23(2)18(25)13-24(19(26)16-12-20-14-27-16)11-4-7-15-6-3-8-17(22)21-15/h3,6,8,12,14H,4-5,7,9-11,13H2,1-2H3. The third-order valence-corrected chi connectivity index (χ3v) is 4.71. The van der Waals surface area contributed by atoms with Crippen LogP contribution in [0.1, 0.15) is 29.1 Å². The highest BCUT2D eigenvalue weighted by molar-refractivity contribution is 5.94. The van der Waals surface area contributed by atoms with Crippen molar-refractivity contribution < 1.29 is 14.0 Å². The first kappa shape index (κ1) is 18.9. The fraction of sp³-hybridized carbons (Fsp3) is 0.474. The smallest absolute Gasteiger partial charge is 0.291 e. The van der Waals surface area contributed by atoms with Crippen LogP contribution in [0, 0.1) is 0 Å². The van der Waals surface area contributed by atoms with Crippen LogP contribution in [0.4, 0.5) is 5.82 Å². The summed E-state index contributed by atoms with van der Waals surface area (Å²) in [5, 5.41) is 0. The van der Waals surface area contributed by atoms with Crippen LogP contribution < -0.4 is 4.90 Å². The number of rotatable bonds is 1. The molecule has 3 rings (SSSR count). The van der Waals surface area contributed by atoms with Gasteiger partial charge >= 0.3 is 0 Å². The quantitative estimate of drug-likeness (QED) is 0.754. The van der Waals surface area contributed by atoms with Gasteiger partial charge in [0, 0.05) is 39.4 Å². The van der Waals surface area contributed by atoms with E-state index in [2.05, 4.69) is 9.88 Å². The highest BCUT2D eigenvalue weighted by Crippen LogP contribution is 2.13. The summed E-state index contributed by atoms with van der Waals surface area (Å²) in [5.74, 6) is 0.670. The number of likely N-dealkylation sites (N-methyl/N-ethyl adjacent to an activating group) is 1. The zero-order valence-electron chi connectivity index (χ0n) is 15.8. The molecule has 0 saturated carbocycles. The van der Waals surface area contributed by atoms with E-state index in [0.29, 0.717) is 19.5 Å². The highest BCUT2D eigenvalue weighted by Gasteiger charge is 2.23. The molecular weight excluding hydrogens is 346 g/mol. The lowest BCUT2D eigenvalue weighted by Crippen LogP contribution is -2.42. The van der Waals surface area contributed by atoms with E-state index in [1.54, 1.807) is 11.9 Å². The number of pyridine rings is 1. The number of hydrogen-bond donors (Lipinski definition) is 0.